The first kappa shape index (κ1) is 26.4. The van der Waals surface area contributed by atoms with Crippen molar-refractivity contribution >= 4 is 0 Å². The van der Waals surface area contributed by atoms with E-state index in [9.17, 15) is 8.78 Å². The van der Waals surface area contributed by atoms with Crippen molar-refractivity contribution in [2.45, 2.75) is 40.0 Å². The van der Waals surface area contributed by atoms with Gasteiger partial charge in [-0.3, -0.25) is 13.5 Å². The van der Waals surface area contributed by atoms with Gasteiger partial charge in [0, 0.05) is 44.5 Å². The van der Waals surface area contributed by atoms with Crippen molar-refractivity contribution in [3.63, 3.8) is 0 Å². The molecule has 33 heavy (non-hydrogen) atoms. The van der Waals surface area contributed by atoms with Crippen molar-refractivity contribution in [3.05, 3.63) is 95.4 Å². The van der Waals surface area contributed by atoms with E-state index >= 15 is 0 Å². The molecule has 0 atom stereocenters. The van der Waals surface area contributed by atoms with Gasteiger partial charge in [-0.05, 0) is 54.8 Å². The Morgan fingerprint density at radius 2 is 1.61 bits per heavy atom. The van der Waals surface area contributed by atoms with Crippen LogP contribution in [0.25, 0.3) is 16.9 Å². The minimum atomic E-state index is -0.710. The first-order chi connectivity index (χ1) is 15.1. The zero-order chi connectivity index (χ0) is 23.5. The van der Waals surface area contributed by atoms with Crippen LogP contribution in [0.1, 0.15) is 37.7 Å². The molecule has 7 heteroatoms. The summed E-state index contributed by atoms with van der Waals surface area (Å²) in [5.74, 6) is -1.08. The van der Waals surface area contributed by atoms with E-state index in [0.717, 1.165) is 17.5 Å². The van der Waals surface area contributed by atoms with Crippen LogP contribution in [0.5, 0.6) is 5.75 Å². The Balaban J connectivity index is 0.000000274. The first-order valence-electron chi connectivity index (χ1n) is 10.2. The number of rotatable bonds is 2. The van der Waals surface area contributed by atoms with Crippen LogP contribution < -0.4 is 0 Å². The molecule has 176 valence electrons. The molecule has 0 radical (unpaired) electrons. The number of halogens is 2. The number of aromatic nitrogens is 3. The second-order valence-electron chi connectivity index (χ2n) is 8.54. The number of aromatic hydroxyl groups is 1. The van der Waals surface area contributed by atoms with Gasteiger partial charge in [0.25, 0.3) is 0 Å². The molecule has 0 bridgehead atoms. The van der Waals surface area contributed by atoms with Gasteiger partial charge in [-0.25, -0.2) is 0 Å². The van der Waals surface area contributed by atoms with Gasteiger partial charge in [0.15, 0.2) is 0 Å². The molecule has 2 heterocycles. The van der Waals surface area contributed by atoms with Gasteiger partial charge >= 0.3 is 0 Å². The topological polar surface area (TPSA) is 50.9 Å². The van der Waals surface area contributed by atoms with Crippen molar-refractivity contribution in [1.82, 2.24) is 14.8 Å². The molecule has 4 rings (SSSR count). The monoisotopic (exact) mass is 629 g/mol. The average molecular weight is 630 g/mol. The van der Waals surface area contributed by atoms with Gasteiger partial charge in [-0.15, -0.1) is 6.07 Å². The van der Waals surface area contributed by atoms with Gasteiger partial charge in [0.2, 0.25) is 0 Å². The van der Waals surface area contributed by atoms with E-state index in [1.54, 1.807) is 43.5 Å². The van der Waals surface area contributed by atoms with E-state index in [1.807, 2.05) is 25.1 Å². The molecule has 4 nitrogen and oxygen atoms in total. The van der Waals surface area contributed by atoms with Crippen LogP contribution >= 0.6 is 0 Å². The molecule has 0 saturated carbocycles. The summed E-state index contributed by atoms with van der Waals surface area (Å²) >= 11 is 0. The number of aryl methyl sites for hydroxylation is 2. The van der Waals surface area contributed by atoms with Crippen molar-refractivity contribution in [3.8, 4) is 22.7 Å². The number of nitrogens with zero attached hydrogens (tertiary/aromatic N) is 3. The third-order valence-electron chi connectivity index (χ3n) is 4.84. The SMILES string of the molecule is CC(C)(C)c1ccc(O)cc1.Cc1cc(C)n(-c2[c-]c(-c3ccccn3)c(F)cc2F)n1.[Pt]. The predicted molar refractivity (Wildman–Crippen MR) is 122 cm³/mol. The molecular formula is C26H26F2N3OPt-. The Bertz CT molecular complexity index is 1200. The van der Waals surface area contributed by atoms with Gasteiger partial charge in [0.1, 0.15) is 5.75 Å². The molecule has 0 unspecified atom stereocenters. The Hall–Kier alpha value is -2.85. The molecule has 0 fully saturated rings. The molecule has 0 aliphatic rings. The van der Waals surface area contributed by atoms with Crippen molar-refractivity contribution < 1.29 is 35.0 Å². The Morgan fingerprint density at radius 1 is 0.939 bits per heavy atom. The number of hydrogen-bond acceptors (Lipinski definition) is 3. The molecule has 2 aromatic heterocycles. The normalized spacial score (nSPS) is 10.8. The fourth-order valence-electron chi connectivity index (χ4n) is 3.16. The summed E-state index contributed by atoms with van der Waals surface area (Å²) in [6, 6.07) is 17.9. The van der Waals surface area contributed by atoms with Crippen LogP contribution in [0.3, 0.4) is 0 Å². The van der Waals surface area contributed by atoms with Gasteiger partial charge in [0.05, 0.1) is 11.5 Å². The van der Waals surface area contributed by atoms with Crippen LogP contribution in [-0.2, 0) is 26.5 Å². The molecular weight excluding hydrogens is 603 g/mol. The zero-order valence-corrected chi connectivity index (χ0v) is 21.4. The molecule has 0 aliphatic heterocycles. The molecule has 0 aliphatic carbocycles. The van der Waals surface area contributed by atoms with E-state index in [4.69, 9.17) is 5.11 Å². The molecule has 4 aromatic rings. The fraction of sp³-hybridized carbons (Fsp3) is 0.231. The number of hydrogen-bond donors (Lipinski definition) is 1. The van der Waals surface area contributed by atoms with Crippen LogP contribution in [0.4, 0.5) is 8.78 Å². The Labute approximate surface area is 207 Å². The van der Waals surface area contributed by atoms with E-state index in [-0.39, 0.29) is 37.7 Å². The van der Waals surface area contributed by atoms with Crippen molar-refractivity contribution in [1.29, 1.82) is 0 Å². The van der Waals surface area contributed by atoms with E-state index in [2.05, 4.69) is 36.9 Å². The van der Waals surface area contributed by atoms with Gasteiger partial charge in [-0.2, -0.15) is 5.10 Å². The molecule has 0 amide bonds. The summed E-state index contributed by atoms with van der Waals surface area (Å²) in [7, 11) is 0. The molecule has 1 N–H and O–H groups in total. The van der Waals surface area contributed by atoms with Crippen molar-refractivity contribution in [2.24, 2.45) is 0 Å². The summed E-state index contributed by atoms with van der Waals surface area (Å²) in [5, 5.41) is 13.2. The number of benzene rings is 2. The maximum atomic E-state index is 14.1. The van der Waals surface area contributed by atoms with E-state index in [1.165, 1.54) is 10.2 Å². The Kier molecular flexibility index (Phi) is 8.68. The summed E-state index contributed by atoms with van der Waals surface area (Å²) in [6.07, 6.45) is 1.55. The maximum Gasteiger partial charge on any atom is 0.115 e. The molecule has 2 aromatic carbocycles. The average Bonchev–Trinajstić information content (AvgIpc) is 3.06. The third kappa shape index (κ3) is 6.58. The zero-order valence-electron chi connectivity index (χ0n) is 19.1. The van der Waals surface area contributed by atoms with Crippen molar-refractivity contribution in [2.75, 3.05) is 0 Å². The first-order valence-corrected chi connectivity index (χ1v) is 10.2. The Morgan fingerprint density at radius 3 is 2.12 bits per heavy atom. The van der Waals surface area contributed by atoms with Gasteiger partial charge in [-0.1, -0.05) is 56.7 Å². The predicted octanol–water partition coefficient (Wildman–Crippen LogP) is 6.32. The minimum absolute atomic E-state index is 0. The van der Waals surface area contributed by atoms with Crippen LogP contribution in [0, 0.1) is 31.5 Å². The number of phenolic OH excluding ortho intramolecular Hbond substituents is 1. The number of pyridine rings is 1. The quantitative estimate of drug-likeness (QED) is 0.265. The second-order valence-corrected chi connectivity index (χ2v) is 8.54. The van der Waals surface area contributed by atoms with Gasteiger partial charge < -0.3 is 10.1 Å². The largest absolute Gasteiger partial charge is 0.508 e. The summed E-state index contributed by atoms with van der Waals surface area (Å²) in [5.41, 5.74) is 3.54. The van der Waals surface area contributed by atoms with E-state index < -0.39 is 11.6 Å². The summed E-state index contributed by atoms with van der Waals surface area (Å²) in [6.45, 7) is 10.1. The fourth-order valence-corrected chi connectivity index (χ4v) is 3.16. The van der Waals surface area contributed by atoms with Crippen LogP contribution in [0.15, 0.2) is 60.8 Å². The molecule has 0 spiro atoms. The minimum Gasteiger partial charge on any atom is -0.508 e. The summed E-state index contributed by atoms with van der Waals surface area (Å²) < 4.78 is 29.5. The van der Waals surface area contributed by atoms with E-state index in [0.29, 0.717) is 11.4 Å². The number of phenols is 1. The van der Waals surface area contributed by atoms with Crippen LogP contribution in [0.2, 0.25) is 0 Å². The standard InChI is InChI=1S/C16H12F2N3.C10H14O.Pt/c1-10-7-11(2)21(20-10)16-8-12(13(17)9-14(16)18)15-5-3-4-6-19-15;1-10(2,3)8-4-6-9(11)7-5-8;/h3-7,9H,1-2H3;4-7,11H,1-3H3;/q-1;;. The summed E-state index contributed by atoms with van der Waals surface area (Å²) in [4.78, 5) is 4.08. The smallest absolute Gasteiger partial charge is 0.115 e. The van der Waals surface area contributed by atoms with Crippen LogP contribution in [-0.4, -0.2) is 19.9 Å². The molecule has 0 saturated heterocycles. The third-order valence-corrected chi connectivity index (χ3v) is 4.84. The maximum absolute atomic E-state index is 14.1. The second kappa shape index (κ2) is 10.8.